The molecule has 0 radical (unpaired) electrons. The van der Waals surface area contributed by atoms with Crippen LogP contribution in [0, 0.1) is 12.8 Å². The van der Waals surface area contributed by atoms with Crippen molar-refractivity contribution in [2.45, 2.75) is 12.8 Å². The van der Waals surface area contributed by atoms with Crippen LogP contribution in [0.15, 0.2) is 78.9 Å². The molecule has 3 rings (SSSR count). The molecule has 0 spiro atoms. The largest absolute Gasteiger partial charge is 0.399 e. The highest BCUT2D eigenvalue weighted by molar-refractivity contribution is 5.52. The molecule has 0 aromatic heterocycles. The van der Waals surface area contributed by atoms with E-state index in [1.165, 1.54) is 11.1 Å². The van der Waals surface area contributed by atoms with E-state index in [0.29, 0.717) is 0 Å². The van der Waals surface area contributed by atoms with Gasteiger partial charge in [0.1, 0.15) is 0 Å². The second-order valence-corrected chi connectivity index (χ2v) is 6.13. The van der Waals surface area contributed by atoms with Crippen LogP contribution in [0.3, 0.4) is 0 Å². The highest BCUT2D eigenvalue weighted by atomic mass is 14.6. The second kappa shape index (κ2) is 6.17. The van der Waals surface area contributed by atoms with Gasteiger partial charge in [-0.15, -0.1) is 0 Å². The van der Waals surface area contributed by atoms with E-state index in [9.17, 15) is 0 Å². The number of hydrogen-bond donors (Lipinski definition) is 2. The highest BCUT2D eigenvalue weighted by Crippen LogP contribution is 2.37. The van der Waals surface area contributed by atoms with Crippen LogP contribution in [0.2, 0.25) is 0 Å². The lowest BCUT2D eigenvalue weighted by atomic mass is 9.78. The van der Waals surface area contributed by atoms with Crippen LogP contribution in [0.25, 0.3) is 0 Å². The maximum absolute atomic E-state index is 5.99. The molecule has 0 saturated carbocycles. The summed E-state index contributed by atoms with van der Waals surface area (Å²) in [5.74, 6) is 0.516. The summed E-state index contributed by atoms with van der Waals surface area (Å²) in [5, 5.41) is 0. The van der Waals surface area contributed by atoms with Crippen molar-refractivity contribution in [2.24, 2.45) is 5.92 Å². The Hall–Kier alpha value is -2.74. The Labute approximate surface area is 137 Å². The van der Waals surface area contributed by atoms with Gasteiger partial charge in [0.2, 0.25) is 0 Å². The maximum atomic E-state index is 5.99. The van der Waals surface area contributed by atoms with Gasteiger partial charge in [-0.25, -0.2) is 0 Å². The van der Waals surface area contributed by atoms with Crippen molar-refractivity contribution in [1.29, 1.82) is 0 Å². The normalized spacial score (nSPS) is 15.8. The van der Waals surface area contributed by atoms with Gasteiger partial charge < -0.3 is 11.5 Å². The van der Waals surface area contributed by atoms with Crippen LogP contribution in [-0.2, 0) is 0 Å². The summed E-state index contributed by atoms with van der Waals surface area (Å²) in [6.45, 7) is 6.03. The quantitative estimate of drug-likeness (QED) is 0.815. The van der Waals surface area contributed by atoms with Crippen LogP contribution in [0.4, 0.5) is 11.4 Å². The number of hydrogen-bond acceptors (Lipinski definition) is 2. The molecule has 0 saturated heterocycles. The first-order chi connectivity index (χ1) is 11.0. The van der Waals surface area contributed by atoms with Gasteiger partial charge in [-0.2, -0.15) is 0 Å². The molecule has 2 nitrogen and oxygen atoms in total. The third-order valence-corrected chi connectivity index (χ3v) is 4.40. The minimum atomic E-state index is 0.232. The van der Waals surface area contributed by atoms with E-state index in [4.69, 9.17) is 11.5 Å². The van der Waals surface area contributed by atoms with Gasteiger partial charge in [-0.3, -0.25) is 0 Å². The van der Waals surface area contributed by atoms with Crippen molar-refractivity contribution < 1.29 is 0 Å². The zero-order chi connectivity index (χ0) is 16.4. The van der Waals surface area contributed by atoms with E-state index in [-0.39, 0.29) is 11.8 Å². The van der Waals surface area contributed by atoms with Gasteiger partial charge in [-0.05, 0) is 47.4 Å². The molecular weight excluding hydrogens is 280 g/mol. The van der Waals surface area contributed by atoms with Crippen LogP contribution >= 0.6 is 0 Å². The molecule has 116 valence electrons. The molecule has 1 unspecified atom stereocenters. The van der Waals surface area contributed by atoms with E-state index in [1.54, 1.807) is 0 Å². The molecule has 0 heterocycles. The first kappa shape index (κ1) is 15.2. The van der Waals surface area contributed by atoms with E-state index in [2.05, 4.69) is 55.1 Å². The van der Waals surface area contributed by atoms with Crippen molar-refractivity contribution in [2.75, 3.05) is 11.5 Å². The van der Waals surface area contributed by atoms with Gasteiger partial charge >= 0.3 is 0 Å². The highest BCUT2D eigenvalue weighted by Gasteiger charge is 2.22. The topological polar surface area (TPSA) is 52.0 Å². The predicted molar refractivity (Wildman–Crippen MR) is 99.2 cm³/mol. The van der Waals surface area contributed by atoms with Gasteiger partial charge in [0.05, 0.1) is 0 Å². The molecule has 0 bridgehead atoms. The number of benzene rings is 2. The van der Waals surface area contributed by atoms with Crippen LogP contribution in [-0.4, -0.2) is 0 Å². The van der Waals surface area contributed by atoms with Gasteiger partial charge in [0.25, 0.3) is 0 Å². The zero-order valence-corrected chi connectivity index (χ0v) is 13.4. The molecule has 23 heavy (non-hydrogen) atoms. The third kappa shape index (κ3) is 3.21. The molecule has 2 aromatic rings. The van der Waals surface area contributed by atoms with Crippen LogP contribution in [0.1, 0.15) is 22.6 Å². The fourth-order valence-electron chi connectivity index (χ4n) is 3.04. The van der Waals surface area contributed by atoms with E-state index >= 15 is 0 Å². The molecule has 0 aliphatic heterocycles. The molecule has 0 amide bonds. The zero-order valence-electron chi connectivity index (χ0n) is 13.4. The fraction of sp³-hybridized carbons (Fsp3) is 0.143. The Kier molecular flexibility index (Phi) is 4.07. The number of aryl methyl sites for hydroxylation is 1. The van der Waals surface area contributed by atoms with Gasteiger partial charge in [-0.1, -0.05) is 55.1 Å². The molecule has 0 fully saturated rings. The monoisotopic (exact) mass is 302 g/mol. The van der Waals surface area contributed by atoms with Crippen molar-refractivity contribution in [1.82, 2.24) is 0 Å². The lowest BCUT2D eigenvalue weighted by Crippen LogP contribution is -2.13. The minimum Gasteiger partial charge on any atom is -0.399 e. The molecular formula is C21H22N2. The lowest BCUT2D eigenvalue weighted by molar-refractivity contribution is 0.681. The van der Waals surface area contributed by atoms with E-state index in [0.717, 1.165) is 22.5 Å². The SMILES string of the molecule is C=C1C=CC(C(c2ccc(N)cc2)c2ccc(N)c(C)c2)C=C1. The molecule has 1 atom stereocenters. The Morgan fingerprint density at radius 3 is 2.13 bits per heavy atom. The first-order valence-electron chi connectivity index (χ1n) is 7.81. The summed E-state index contributed by atoms with van der Waals surface area (Å²) in [6.07, 6.45) is 8.60. The van der Waals surface area contributed by atoms with Crippen molar-refractivity contribution in [3.63, 3.8) is 0 Å². The average molecular weight is 302 g/mol. The Balaban J connectivity index is 2.07. The van der Waals surface area contributed by atoms with Crippen LogP contribution in [0.5, 0.6) is 0 Å². The number of rotatable bonds is 3. The lowest BCUT2D eigenvalue weighted by Gasteiger charge is -2.26. The van der Waals surface area contributed by atoms with Gasteiger partial charge in [0, 0.05) is 23.2 Å². The van der Waals surface area contributed by atoms with E-state index in [1.807, 2.05) is 25.1 Å². The second-order valence-electron chi connectivity index (χ2n) is 6.13. The summed E-state index contributed by atoms with van der Waals surface area (Å²) in [5.41, 5.74) is 18.1. The summed E-state index contributed by atoms with van der Waals surface area (Å²) in [4.78, 5) is 0. The fourth-order valence-corrected chi connectivity index (χ4v) is 3.04. The molecule has 2 heteroatoms. The molecule has 1 aliphatic rings. The summed E-state index contributed by atoms with van der Waals surface area (Å²) in [7, 11) is 0. The predicted octanol–water partition coefficient (Wildman–Crippen LogP) is 4.59. The van der Waals surface area contributed by atoms with Crippen molar-refractivity contribution >= 4 is 11.4 Å². The molecule has 4 N–H and O–H groups in total. The number of anilines is 2. The van der Waals surface area contributed by atoms with E-state index < -0.39 is 0 Å². The van der Waals surface area contributed by atoms with Crippen molar-refractivity contribution in [3.8, 4) is 0 Å². The Morgan fingerprint density at radius 1 is 0.913 bits per heavy atom. The maximum Gasteiger partial charge on any atom is 0.0343 e. The number of allylic oxidation sites excluding steroid dienone is 5. The Bertz CT molecular complexity index is 766. The third-order valence-electron chi connectivity index (χ3n) is 4.40. The average Bonchev–Trinajstić information content (AvgIpc) is 2.55. The summed E-state index contributed by atoms with van der Waals surface area (Å²) in [6, 6.07) is 14.4. The van der Waals surface area contributed by atoms with Gasteiger partial charge in [0.15, 0.2) is 0 Å². The van der Waals surface area contributed by atoms with Crippen molar-refractivity contribution in [3.05, 3.63) is 95.6 Å². The molecule has 1 aliphatic carbocycles. The number of nitrogen functional groups attached to an aromatic ring is 2. The first-order valence-corrected chi connectivity index (χ1v) is 7.81. The minimum absolute atomic E-state index is 0.232. The smallest absolute Gasteiger partial charge is 0.0343 e. The van der Waals surface area contributed by atoms with Crippen LogP contribution < -0.4 is 11.5 Å². The summed E-state index contributed by atoms with van der Waals surface area (Å²) < 4.78 is 0. The Morgan fingerprint density at radius 2 is 1.52 bits per heavy atom. The molecule has 2 aromatic carbocycles. The standard InChI is InChI=1S/C21H22N2/c1-14-3-5-16(6-4-14)21(17-7-10-19(22)11-8-17)18-9-12-20(23)15(2)13-18/h3-13,16,21H,1,22-23H2,2H3. The number of nitrogens with two attached hydrogens (primary N) is 2. The summed E-state index contributed by atoms with van der Waals surface area (Å²) >= 11 is 0.